The van der Waals surface area contributed by atoms with Gasteiger partial charge in [0.05, 0.1) is 6.04 Å². The Morgan fingerprint density at radius 3 is 2.55 bits per heavy atom. The van der Waals surface area contributed by atoms with Crippen LogP contribution in [0.2, 0.25) is 0 Å². The minimum absolute atomic E-state index is 0.0206. The van der Waals surface area contributed by atoms with Gasteiger partial charge in [-0.15, -0.1) is 0 Å². The van der Waals surface area contributed by atoms with Crippen molar-refractivity contribution in [3.05, 3.63) is 0 Å². The molecule has 1 rings (SSSR count). The SMILES string of the molecule is CCCC1CCCC(NC(CC(C)C)C(=O)NC)CC1. The summed E-state index contributed by atoms with van der Waals surface area (Å²) in [6.45, 7) is 6.65. The van der Waals surface area contributed by atoms with E-state index < -0.39 is 0 Å². The molecule has 0 radical (unpaired) electrons. The lowest BCUT2D eigenvalue weighted by Gasteiger charge is -2.25. The molecule has 118 valence electrons. The monoisotopic (exact) mass is 282 g/mol. The maximum atomic E-state index is 12.0. The zero-order valence-electron chi connectivity index (χ0n) is 13.9. The molecule has 1 amide bonds. The van der Waals surface area contributed by atoms with Crippen LogP contribution in [-0.4, -0.2) is 25.0 Å². The van der Waals surface area contributed by atoms with Crippen LogP contribution in [-0.2, 0) is 4.79 Å². The van der Waals surface area contributed by atoms with Crippen LogP contribution in [0.3, 0.4) is 0 Å². The van der Waals surface area contributed by atoms with E-state index in [0.717, 1.165) is 12.3 Å². The van der Waals surface area contributed by atoms with Gasteiger partial charge in [-0.3, -0.25) is 4.79 Å². The number of carbonyl (C=O) groups is 1. The highest BCUT2D eigenvalue weighted by Crippen LogP contribution is 2.27. The Bertz CT molecular complexity index is 278. The average molecular weight is 282 g/mol. The summed E-state index contributed by atoms with van der Waals surface area (Å²) >= 11 is 0. The third kappa shape index (κ3) is 6.25. The fourth-order valence-electron chi connectivity index (χ4n) is 3.42. The van der Waals surface area contributed by atoms with E-state index in [9.17, 15) is 4.79 Å². The van der Waals surface area contributed by atoms with Crippen LogP contribution < -0.4 is 10.6 Å². The topological polar surface area (TPSA) is 41.1 Å². The van der Waals surface area contributed by atoms with Gasteiger partial charge in [0.15, 0.2) is 0 Å². The number of likely N-dealkylation sites (N-methyl/N-ethyl adjacent to an activating group) is 1. The summed E-state index contributed by atoms with van der Waals surface area (Å²) in [7, 11) is 1.74. The first-order chi connectivity index (χ1) is 9.56. The molecule has 1 aliphatic rings. The number of amides is 1. The number of carbonyl (C=O) groups excluding carboxylic acids is 1. The Labute approximate surface area is 125 Å². The molecule has 0 heterocycles. The molecule has 0 saturated heterocycles. The van der Waals surface area contributed by atoms with Gasteiger partial charge in [-0.05, 0) is 37.5 Å². The van der Waals surface area contributed by atoms with E-state index in [1.54, 1.807) is 7.05 Å². The predicted octanol–water partition coefficient (Wildman–Crippen LogP) is 3.49. The quantitative estimate of drug-likeness (QED) is 0.702. The summed E-state index contributed by atoms with van der Waals surface area (Å²) in [5, 5.41) is 6.43. The van der Waals surface area contributed by atoms with E-state index in [-0.39, 0.29) is 11.9 Å². The number of hydrogen-bond donors (Lipinski definition) is 2. The molecular formula is C17H34N2O. The van der Waals surface area contributed by atoms with Gasteiger partial charge < -0.3 is 10.6 Å². The molecule has 0 aliphatic heterocycles. The smallest absolute Gasteiger partial charge is 0.236 e. The molecule has 0 aromatic heterocycles. The summed E-state index contributed by atoms with van der Waals surface area (Å²) in [6.07, 6.45) is 10.1. The van der Waals surface area contributed by atoms with Crippen LogP contribution in [0.4, 0.5) is 0 Å². The molecule has 1 fully saturated rings. The minimum Gasteiger partial charge on any atom is -0.358 e. The molecule has 2 N–H and O–H groups in total. The molecule has 3 atom stereocenters. The lowest BCUT2D eigenvalue weighted by atomic mass is 9.95. The van der Waals surface area contributed by atoms with Gasteiger partial charge in [-0.1, -0.05) is 46.5 Å². The van der Waals surface area contributed by atoms with E-state index in [1.807, 2.05) is 0 Å². The van der Waals surface area contributed by atoms with Crippen molar-refractivity contribution in [2.75, 3.05) is 7.05 Å². The Kier molecular flexibility index (Phi) is 8.20. The van der Waals surface area contributed by atoms with Gasteiger partial charge in [-0.2, -0.15) is 0 Å². The van der Waals surface area contributed by atoms with Crippen molar-refractivity contribution in [2.45, 2.75) is 84.2 Å². The van der Waals surface area contributed by atoms with Gasteiger partial charge >= 0.3 is 0 Å². The zero-order valence-corrected chi connectivity index (χ0v) is 13.9. The molecule has 0 aromatic carbocycles. The van der Waals surface area contributed by atoms with Gasteiger partial charge in [0.25, 0.3) is 0 Å². The molecular weight excluding hydrogens is 248 g/mol. The Balaban J connectivity index is 2.49. The predicted molar refractivity (Wildman–Crippen MR) is 85.7 cm³/mol. The van der Waals surface area contributed by atoms with Crippen LogP contribution >= 0.6 is 0 Å². The van der Waals surface area contributed by atoms with Gasteiger partial charge in [-0.25, -0.2) is 0 Å². The van der Waals surface area contributed by atoms with Crippen LogP contribution in [0.5, 0.6) is 0 Å². The summed E-state index contributed by atoms with van der Waals surface area (Å²) in [5.41, 5.74) is 0. The molecule has 0 aromatic rings. The molecule has 3 unspecified atom stereocenters. The summed E-state index contributed by atoms with van der Waals surface area (Å²) in [6, 6.07) is 0.505. The average Bonchev–Trinajstić information content (AvgIpc) is 2.63. The van der Waals surface area contributed by atoms with Crippen LogP contribution in [0, 0.1) is 11.8 Å². The maximum Gasteiger partial charge on any atom is 0.236 e. The van der Waals surface area contributed by atoms with E-state index in [4.69, 9.17) is 0 Å². The normalized spacial score (nSPS) is 25.2. The van der Waals surface area contributed by atoms with Crippen molar-refractivity contribution in [3.8, 4) is 0 Å². The van der Waals surface area contributed by atoms with Crippen molar-refractivity contribution in [3.63, 3.8) is 0 Å². The van der Waals surface area contributed by atoms with Crippen molar-refractivity contribution in [2.24, 2.45) is 11.8 Å². The number of rotatable bonds is 7. The van der Waals surface area contributed by atoms with Crippen molar-refractivity contribution < 1.29 is 4.79 Å². The summed E-state index contributed by atoms with van der Waals surface area (Å²) < 4.78 is 0. The number of nitrogens with one attached hydrogen (secondary N) is 2. The second kappa shape index (κ2) is 9.38. The first-order valence-corrected chi connectivity index (χ1v) is 8.54. The third-order valence-corrected chi connectivity index (χ3v) is 4.49. The first kappa shape index (κ1) is 17.5. The van der Waals surface area contributed by atoms with Crippen LogP contribution in [0.25, 0.3) is 0 Å². The van der Waals surface area contributed by atoms with Crippen LogP contribution in [0.15, 0.2) is 0 Å². The third-order valence-electron chi connectivity index (χ3n) is 4.49. The zero-order chi connectivity index (χ0) is 15.0. The van der Waals surface area contributed by atoms with Gasteiger partial charge in [0.1, 0.15) is 0 Å². The molecule has 0 spiro atoms. The van der Waals surface area contributed by atoms with E-state index in [0.29, 0.717) is 12.0 Å². The Hall–Kier alpha value is -0.570. The molecule has 20 heavy (non-hydrogen) atoms. The van der Waals surface area contributed by atoms with Crippen molar-refractivity contribution in [1.82, 2.24) is 10.6 Å². The highest BCUT2D eigenvalue weighted by Gasteiger charge is 2.24. The van der Waals surface area contributed by atoms with E-state index >= 15 is 0 Å². The largest absolute Gasteiger partial charge is 0.358 e. The highest BCUT2D eigenvalue weighted by atomic mass is 16.2. The summed E-state index contributed by atoms with van der Waals surface area (Å²) in [4.78, 5) is 12.0. The molecule has 3 heteroatoms. The van der Waals surface area contributed by atoms with Crippen molar-refractivity contribution in [1.29, 1.82) is 0 Å². The van der Waals surface area contributed by atoms with Gasteiger partial charge in [0, 0.05) is 13.1 Å². The second-order valence-electron chi connectivity index (χ2n) is 6.82. The summed E-state index contributed by atoms with van der Waals surface area (Å²) in [5.74, 6) is 1.60. The number of hydrogen-bond acceptors (Lipinski definition) is 2. The fraction of sp³-hybridized carbons (Fsp3) is 0.941. The lowest BCUT2D eigenvalue weighted by molar-refractivity contribution is -0.123. The lowest BCUT2D eigenvalue weighted by Crippen LogP contribution is -2.48. The minimum atomic E-state index is -0.0206. The maximum absolute atomic E-state index is 12.0. The van der Waals surface area contributed by atoms with Gasteiger partial charge in [0.2, 0.25) is 5.91 Å². The fourth-order valence-corrected chi connectivity index (χ4v) is 3.42. The van der Waals surface area contributed by atoms with E-state index in [1.165, 1.54) is 44.9 Å². The van der Waals surface area contributed by atoms with Crippen molar-refractivity contribution >= 4 is 5.91 Å². The Morgan fingerprint density at radius 1 is 1.20 bits per heavy atom. The molecule has 1 saturated carbocycles. The Morgan fingerprint density at radius 2 is 1.95 bits per heavy atom. The molecule has 3 nitrogen and oxygen atoms in total. The van der Waals surface area contributed by atoms with E-state index in [2.05, 4.69) is 31.4 Å². The first-order valence-electron chi connectivity index (χ1n) is 8.54. The van der Waals surface area contributed by atoms with Crippen LogP contribution in [0.1, 0.15) is 72.1 Å². The second-order valence-corrected chi connectivity index (χ2v) is 6.82. The standard InChI is InChI=1S/C17H34N2O/c1-5-7-14-8-6-9-15(11-10-14)19-16(12-13(2)3)17(20)18-4/h13-16,19H,5-12H2,1-4H3,(H,18,20). The highest BCUT2D eigenvalue weighted by molar-refractivity contribution is 5.81. The molecule has 0 bridgehead atoms. The molecule has 1 aliphatic carbocycles.